The zero-order chi connectivity index (χ0) is 20.9. The van der Waals surface area contributed by atoms with Crippen LogP contribution in [0.15, 0.2) is 73.0 Å². The van der Waals surface area contributed by atoms with Gasteiger partial charge in [-0.05, 0) is 42.7 Å². The van der Waals surface area contributed by atoms with Crippen LogP contribution in [0.4, 0.5) is 4.79 Å². The third kappa shape index (κ3) is 5.36. The fraction of sp³-hybridized carbons (Fsp3) is 0.400. The lowest BCUT2D eigenvalue weighted by atomic mass is 9.96. The lowest BCUT2D eigenvalue weighted by molar-refractivity contribution is -0.0145. The van der Waals surface area contributed by atoms with Crippen molar-refractivity contribution in [3.63, 3.8) is 0 Å². The molecule has 1 amide bonds. The van der Waals surface area contributed by atoms with Gasteiger partial charge in [0.1, 0.15) is 18.5 Å². The second-order valence-electron chi connectivity index (χ2n) is 8.15. The number of carbonyl (C=O) groups is 1. The number of amides is 1. The number of hydrogen-bond donors (Lipinski definition) is 0. The van der Waals surface area contributed by atoms with Gasteiger partial charge in [-0.1, -0.05) is 89.8 Å². The van der Waals surface area contributed by atoms with E-state index in [9.17, 15) is 4.79 Å². The molecule has 2 aromatic rings. The van der Waals surface area contributed by atoms with Gasteiger partial charge in [-0.15, -0.1) is 0 Å². The molecule has 1 aliphatic heterocycles. The maximum atomic E-state index is 13.3. The molecule has 4 rings (SSSR count). The second-order valence-corrected chi connectivity index (χ2v) is 9.65. The minimum atomic E-state index is -0.273. The number of halogens is 1. The zero-order valence-electron chi connectivity index (χ0n) is 17.1. The number of rotatable bonds is 7. The molecule has 2 aliphatic rings. The van der Waals surface area contributed by atoms with Crippen molar-refractivity contribution >= 4 is 28.7 Å². The Hall–Kier alpha value is -2.02. The van der Waals surface area contributed by atoms with Crippen LogP contribution >= 0.6 is 22.6 Å². The maximum Gasteiger partial charge on any atom is 0.410 e. The highest BCUT2D eigenvalue weighted by Gasteiger charge is 2.45. The first-order valence-electron chi connectivity index (χ1n) is 10.6. The number of alkyl halides is 1. The van der Waals surface area contributed by atoms with Gasteiger partial charge < -0.3 is 9.47 Å². The van der Waals surface area contributed by atoms with E-state index in [1.54, 1.807) is 0 Å². The molecule has 30 heavy (non-hydrogen) atoms. The van der Waals surface area contributed by atoms with E-state index in [0.717, 1.165) is 42.6 Å². The van der Waals surface area contributed by atoms with Gasteiger partial charge in [0.25, 0.3) is 0 Å². The Labute approximate surface area is 192 Å². The van der Waals surface area contributed by atoms with Crippen molar-refractivity contribution < 1.29 is 14.3 Å². The number of hydrogen-bond acceptors (Lipinski definition) is 3. The number of allylic oxidation sites excluding steroid dienone is 1. The highest BCUT2D eigenvalue weighted by molar-refractivity contribution is 14.1. The highest BCUT2D eigenvalue weighted by Crippen LogP contribution is 2.42. The molecule has 2 fully saturated rings. The van der Waals surface area contributed by atoms with Gasteiger partial charge in [0.2, 0.25) is 0 Å². The minimum absolute atomic E-state index is 0.00845. The molecule has 0 bridgehead atoms. The van der Waals surface area contributed by atoms with Crippen LogP contribution in [0.1, 0.15) is 36.8 Å². The summed E-state index contributed by atoms with van der Waals surface area (Å²) in [6, 6.07) is 20.0. The van der Waals surface area contributed by atoms with E-state index in [1.807, 2.05) is 53.4 Å². The molecule has 0 radical (unpaired) electrons. The van der Waals surface area contributed by atoms with Crippen LogP contribution in [0.3, 0.4) is 0 Å². The van der Waals surface area contributed by atoms with Crippen LogP contribution in [-0.2, 0) is 22.6 Å². The largest absolute Gasteiger partial charge is 0.492 e. The Bertz CT molecular complexity index is 853. The van der Waals surface area contributed by atoms with E-state index in [1.165, 1.54) is 0 Å². The number of carbonyl (C=O) groups excluding carboxylic acids is 1. The maximum absolute atomic E-state index is 13.3. The van der Waals surface area contributed by atoms with Gasteiger partial charge in [0.15, 0.2) is 0 Å². The molecular weight excluding hydrogens is 489 g/mol. The van der Waals surface area contributed by atoms with Gasteiger partial charge in [-0.3, -0.25) is 4.90 Å². The van der Waals surface area contributed by atoms with E-state index in [4.69, 9.17) is 9.47 Å². The third-order valence-electron chi connectivity index (χ3n) is 5.84. The lowest BCUT2D eigenvalue weighted by Crippen LogP contribution is -2.50. The summed E-state index contributed by atoms with van der Waals surface area (Å²) >= 11 is 2.39. The normalized spacial score (nSPS) is 22.1. The predicted molar refractivity (Wildman–Crippen MR) is 126 cm³/mol. The van der Waals surface area contributed by atoms with E-state index in [-0.39, 0.29) is 24.8 Å². The highest BCUT2D eigenvalue weighted by atomic mass is 127. The van der Waals surface area contributed by atoms with E-state index < -0.39 is 0 Å². The summed E-state index contributed by atoms with van der Waals surface area (Å²) < 4.78 is 12.3. The van der Waals surface area contributed by atoms with Crippen molar-refractivity contribution in [1.82, 2.24) is 4.90 Å². The first-order chi connectivity index (χ1) is 14.6. The fourth-order valence-electron chi connectivity index (χ4n) is 4.11. The molecule has 158 valence electrons. The van der Waals surface area contributed by atoms with Crippen molar-refractivity contribution in [1.29, 1.82) is 0 Å². The summed E-state index contributed by atoms with van der Waals surface area (Å²) in [5, 5.41) is 0. The molecular formula is C25H28INO3. The predicted octanol–water partition coefficient (Wildman–Crippen LogP) is 6.10. The van der Waals surface area contributed by atoms with E-state index in [2.05, 4.69) is 41.3 Å². The van der Waals surface area contributed by atoms with Crippen molar-refractivity contribution in [2.75, 3.05) is 0 Å². The summed E-state index contributed by atoms with van der Waals surface area (Å²) in [6.07, 6.45) is 3.93. The smallest absolute Gasteiger partial charge is 0.410 e. The van der Waals surface area contributed by atoms with Crippen LogP contribution in [0, 0.1) is 5.92 Å². The van der Waals surface area contributed by atoms with Gasteiger partial charge >= 0.3 is 6.09 Å². The molecule has 0 aromatic heterocycles. The minimum Gasteiger partial charge on any atom is -0.492 e. The van der Waals surface area contributed by atoms with Crippen LogP contribution in [0.25, 0.3) is 0 Å². The number of benzene rings is 2. The summed E-state index contributed by atoms with van der Waals surface area (Å²) in [5.74, 6) is 1.29. The van der Waals surface area contributed by atoms with Gasteiger partial charge in [0.05, 0.1) is 9.97 Å². The molecule has 4 nitrogen and oxygen atoms in total. The quantitative estimate of drug-likeness (QED) is 0.329. The molecule has 1 saturated heterocycles. The van der Waals surface area contributed by atoms with Crippen LogP contribution < -0.4 is 0 Å². The SMILES string of the molecule is C=C1O[C@H]([C@H](C2CC2)N(Cc2ccccc2)C(=O)OCc2ccccc2)CCC1I. The Kier molecular flexibility index (Phi) is 6.97. The second kappa shape index (κ2) is 9.86. The third-order valence-corrected chi connectivity index (χ3v) is 7.16. The van der Waals surface area contributed by atoms with Crippen molar-refractivity contribution in [3.05, 3.63) is 84.1 Å². The average molecular weight is 517 g/mol. The number of nitrogens with zero attached hydrogens (tertiary/aromatic N) is 1. The summed E-state index contributed by atoms with van der Waals surface area (Å²) in [6.45, 7) is 4.90. The van der Waals surface area contributed by atoms with Crippen molar-refractivity contribution in [2.45, 2.75) is 54.9 Å². The monoisotopic (exact) mass is 517 g/mol. The Morgan fingerprint density at radius 1 is 1.03 bits per heavy atom. The molecule has 5 heteroatoms. The van der Waals surface area contributed by atoms with E-state index >= 15 is 0 Å². The summed E-state index contributed by atoms with van der Waals surface area (Å²) in [4.78, 5) is 15.2. The van der Waals surface area contributed by atoms with Crippen LogP contribution in [-0.4, -0.2) is 27.1 Å². The van der Waals surface area contributed by atoms with Gasteiger partial charge in [-0.2, -0.15) is 0 Å². The topological polar surface area (TPSA) is 38.8 Å². The molecule has 1 aliphatic carbocycles. The average Bonchev–Trinajstić information content (AvgIpc) is 3.60. The summed E-state index contributed by atoms with van der Waals surface area (Å²) in [5.41, 5.74) is 2.09. The van der Waals surface area contributed by atoms with Crippen molar-refractivity contribution in [3.8, 4) is 0 Å². The van der Waals surface area contributed by atoms with Crippen LogP contribution in [0.2, 0.25) is 0 Å². The first-order valence-corrected chi connectivity index (χ1v) is 11.9. The van der Waals surface area contributed by atoms with Gasteiger partial charge in [0, 0.05) is 6.54 Å². The molecule has 1 unspecified atom stereocenters. The molecule has 0 spiro atoms. The molecule has 1 saturated carbocycles. The van der Waals surface area contributed by atoms with Crippen molar-refractivity contribution in [2.24, 2.45) is 5.92 Å². The zero-order valence-corrected chi connectivity index (χ0v) is 19.2. The fourth-order valence-corrected chi connectivity index (χ4v) is 4.62. The Balaban J connectivity index is 1.54. The van der Waals surface area contributed by atoms with Crippen LogP contribution in [0.5, 0.6) is 0 Å². The Morgan fingerprint density at radius 3 is 2.27 bits per heavy atom. The standard InChI is InChI=1S/C25H28INO3/c1-18-22(26)14-15-23(30-18)24(21-12-13-21)27(16-19-8-4-2-5-9-19)25(28)29-17-20-10-6-3-7-11-20/h2-11,21-24H,1,12-17H2/t22?,23-,24-/m0/s1. The lowest BCUT2D eigenvalue weighted by Gasteiger charge is -2.40. The molecule has 3 atom stereocenters. The Morgan fingerprint density at radius 2 is 1.67 bits per heavy atom. The van der Waals surface area contributed by atoms with Gasteiger partial charge in [-0.25, -0.2) is 4.79 Å². The number of ether oxygens (including phenoxy) is 2. The molecule has 0 N–H and O–H groups in total. The first kappa shape index (κ1) is 21.2. The molecule has 2 aromatic carbocycles. The summed E-state index contributed by atoms with van der Waals surface area (Å²) in [7, 11) is 0. The molecule has 1 heterocycles. The van der Waals surface area contributed by atoms with E-state index in [0.29, 0.717) is 16.4 Å².